The smallest absolute Gasteiger partial charge is 0.255 e. The lowest BCUT2D eigenvalue weighted by molar-refractivity contribution is 0.0546. The number of aliphatic hydroxyl groups is 1. The third-order valence-electron chi connectivity index (χ3n) is 3.48. The molecule has 0 radical (unpaired) electrons. The number of pyridine rings is 1. The molecule has 0 spiro atoms. The maximum atomic E-state index is 12.4. The van der Waals surface area contributed by atoms with Gasteiger partial charge in [-0.3, -0.25) is 9.36 Å². The van der Waals surface area contributed by atoms with Crippen LogP contribution < -0.4 is 0 Å². The first-order valence-corrected chi connectivity index (χ1v) is 7.01. The molecule has 8 heteroatoms. The van der Waals surface area contributed by atoms with Gasteiger partial charge in [-0.05, 0) is 18.9 Å². The second kappa shape index (κ2) is 5.79. The van der Waals surface area contributed by atoms with Gasteiger partial charge in [0.15, 0.2) is 5.82 Å². The number of hydrogen-bond acceptors (Lipinski definition) is 5. The number of piperidine rings is 1. The number of aliphatic hydroxyl groups excluding tert-OH is 1. The van der Waals surface area contributed by atoms with Crippen molar-refractivity contribution in [2.45, 2.75) is 18.9 Å². The molecule has 1 saturated heterocycles. The molecule has 7 nitrogen and oxygen atoms in total. The fourth-order valence-corrected chi connectivity index (χ4v) is 2.56. The van der Waals surface area contributed by atoms with Crippen LogP contribution in [0.4, 0.5) is 0 Å². The number of likely N-dealkylation sites (tertiary alicyclic amines) is 1. The zero-order chi connectivity index (χ0) is 14.8. The van der Waals surface area contributed by atoms with E-state index in [1.165, 1.54) is 18.9 Å². The summed E-state index contributed by atoms with van der Waals surface area (Å²) in [6, 6.07) is 1.59. The zero-order valence-corrected chi connectivity index (χ0v) is 11.9. The van der Waals surface area contributed by atoms with Gasteiger partial charge >= 0.3 is 0 Å². The number of aromatic nitrogens is 4. The van der Waals surface area contributed by atoms with Crippen molar-refractivity contribution < 1.29 is 9.90 Å². The van der Waals surface area contributed by atoms with E-state index in [2.05, 4.69) is 15.2 Å². The second-order valence-electron chi connectivity index (χ2n) is 4.92. The predicted molar refractivity (Wildman–Crippen MR) is 75.3 cm³/mol. The van der Waals surface area contributed by atoms with Crippen molar-refractivity contribution in [3.8, 4) is 5.82 Å². The highest BCUT2D eigenvalue weighted by Gasteiger charge is 2.23. The highest BCUT2D eigenvalue weighted by atomic mass is 35.5. The summed E-state index contributed by atoms with van der Waals surface area (Å²) in [7, 11) is 0. The summed E-state index contributed by atoms with van der Waals surface area (Å²) in [6.07, 6.45) is 5.36. The van der Waals surface area contributed by atoms with Gasteiger partial charge in [0, 0.05) is 19.3 Å². The number of nitrogens with zero attached hydrogens (tertiary/aromatic N) is 5. The SMILES string of the molecule is O=C(c1cnc(-n2cnnc2)c(Cl)c1)N1CCC(O)CC1. The topological polar surface area (TPSA) is 84.1 Å². The lowest BCUT2D eigenvalue weighted by Gasteiger charge is -2.29. The van der Waals surface area contributed by atoms with Gasteiger partial charge in [-0.25, -0.2) is 4.98 Å². The fraction of sp³-hybridized carbons (Fsp3) is 0.385. The van der Waals surface area contributed by atoms with Crippen molar-refractivity contribution in [2.75, 3.05) is 13.1 Å². The third-order valence-corrected chi connectivity index (χ3v) is 3.76. The largest absolute Gasteiger partial charge is 0.393 e. The molecular weight excluding hydrogens is 294 g/mol. The van der Waals surface area contributed by atoms with E-state index in [9.17, 15) is 9.90 Å². The van der Waals surface area contributed by atoms with E-state index < -0.39 is 0 Å². The van der Waals surface area contributed by atoms with Crippen LogP contribution in [0.1, 0.15) is 23.2 Å². The molecule has 0 aromatic carbocycles. The van der Waals surface area contributed by atoms with Crippen molar-refractivity contribution in [3.05, 3.63) is 35.5 Å². The number of hydrogen-bond donors (Lipinski definition) is 1. The molecule has 3 heterocycles. The Morgan fingerprint density at radius 2 is 1.95 bits per heavy atom. The van der Waals surface area contributed by atoms with Gasteiger partial charge < -0.3 is 10.0 Å². The monoisotopic (exact) mass is 307 g/mol. The quantitative estimate of drug-likeness (QED) is 0.891. The molecular formula is C13H14ClN5O2. The summed E-state index contributed by atoms with van der Waals surface area (Å²) in [5.74, 6) is 0.360. The Labute approximate surface area is 126 Å². The molecule has 0 unspecified atom stereocenters. The van der Waals surface area contributed by atoms with Crippen LogP contribution in [0.15, 0.2) is 24.9 Å². The number of carbonyl (C=O) groups is 1. The van der Waals surface area contributed by atoms with Gasteiger partial charge in [0.05, 0.1) is 16.7 Å². The molecule has 2 aromatic rings. The summed E-state index contributed by atoms with van der Waals surface area (Å²) >= 11 is 6.18. The summed E-state index contributed by atoms with van der Waals surface area (Å²) in [5, 5.41) is 17.2. The first-order valence-electron chi connectivity index (χ1n) is 6.63. The maximum Gasteiger partial charge on any atom is 0.255 e. The Morgan fingerprint density at radius 1 is 1.29 bits per heavy atom. The molecule has 0 aliphatic carbocycles. The van der Waals surface area contributed by atoms with E-state index >= 15 is 0 Å². The lowest BCUT2D eigenvalue weighted by atomic mass is 10.1. The molecule has 110 valence electrons. The highest BCUT2D eigenvalue weighted by Crippen LogP contribution is 2.21. The molecule has 2 aromatic heterocycles. The van der Waals surface area contributed by atoms with Crippen molar-refractivity contribution in [1.82, 2.24) is 24.6 Å². The van der Waals surface area contributed by atoms with Crippen LogP contribution >= 0.6 is 11.6 Å². The van der Waals surface area contributed by atoms with E-state index in [1.807, 2.05) is 0 Å². The van der Waals surface area contributed by atoms with Crippen LogP contribution in [-0.2, 0) is 0 Å². The number of rotatable bonds is 2. The molecule has 1 amide bonds. The summed E-state index contributed by atoms with van der Waals surface area (Å²) in [4.78, 5) is 18.3. The van der Waals surface area contributed by atoms with Gasteiger partial charge in [0.2, 0.25) is 0 Å². The van der Waals surface area contributed by atoms with E-state index in [1.54, 1.807) is 15.5 Å². The minimum absolute atomic E-state index is 0.119. The van der Waals surface area contributed by atoms with Crippen LogP contribution in [-0.4, -0.2) is 54.9 Å². The molecule has 0 atom stereocenters. The fourth-order valence-electron chi connectivity index (χ4n) is 2.30. The number of carbonyl (C=O) groups excluding carboxylic acids is 1. The van der Waals surface area contributed by atoms with Crippen LogP contribution in [0.3, 0.4) is 0 Å². The molecule has 0 bridgehead atoms. The van der Waals surface area contributed by atoms with Gasteiger partial charge in [-0.2, -0.15) is 0 Å². The van der Waals surface area contributed by atoms with Gasteiger partial charge in [0.25, 0.3) is 5.91 Å². The van der Waals surface area contributed by atoms with Crippen LogP contribution in [0.25, 0.3) is 5.82 Å². The Hall–Kier alpha value is -1.99. The molecule has 21 heavy (non-hydrogen) atoms. The zero-order valence-electron chi connectivity index (χ0n) is 11.2. The van der Waals surface area contributed by atoms with Crippen molar-refractivity contribution in [1.29, 1.82) is 0 Å². The normalized spacial score (nSPS) is 16.2. The average molecular weight is 308 g/mol. The van der Waals surface area contributed by atoms with E-state index in [0.717, 1.165) is 0 Å². The van der Waals surface area contributed by atoms with E-state index in [4.69, 9.17) is 11.6 Å². The van der Waals surface area contributed by atoms with Crippen LogP contribution in [0.2, 0.25) is 5.02 Å². The number of halogens is 1. The predicted octanol–water partition coefficient (Wildman–Crippen LogP) is 0.913. The van der Waals surface area contributed by atoms with Gasteiger partial charge in [0.1, 0.15) is 12.7 Å². The lowest BCUT2D eigenvalue weighted by Crippen LogP contribution is -2.40. The van der Waals surface area contributed by atoms with E-state index in [0.29, 0.717) is 42.3 Å². The highest BCUT2D eigenvalue weighted by molar-refractivity contribution is 6.32. The maximum absolute atomic E-state index is 12.4. The Bertz CT molecular complexity index is 638. The van der Waals surface area contributed by atoms with Crippen LogP contribution in [0, 0.1) is 0 Å². The standard InChI is InChI=1S/C13H14ClN5O2/c14-11-5-9(6-15-12(11)19-7-16-17-8-19)13(21)18-3-1-10(20)2-4-18/h5-8,10,20H,1-4H2. The molecule has 1 aliphatic heterocycles. The minimum atomic E-state index is -0.313. The third kappa shape index (κ3) is 2.88. The number of amides is 1. The first kappa shape index (κ1) is 14.0. The Morgan fingerprint density at radius 3 is 2.57 bits per heavy atom. The van der Waals surface area contributed by atoms with Crippen molar-refractivity contribution >= 4 is 17.5 Å². The Kier molecular flexibility index (Phi) is 3.85. The average Bonchev–Trinajstić information content (AvgIpc) is 3.01. The first-order chi connectivity index (χ1) is 10.1. The molecule has 1 aliphatic rings. The van der Waals surface area contributed by atoms with Crippen molar-refractivity contribution in [3.63, 3.8) is 0 Å². The summed E-state index contributed by atoms with van der Waals surface area (Å²) < 4.78 is 1.58. The van der Waals surface area contributed by atoms with E-state index in [-0.39, 0.29) is 12.0 Å². The van der Waals surface area contributed by atoms with Crippen LogP contribution in [0.5, 0.6) is 0 Å². The molecule has 3 rings (SSSR count). The molecule has 1 fully saturated rings. The summed E-state index contributed by atoms with van der Waals surface area (Å²) in [6.45, 7) is 1.09. The van der Waals surface area contributed by atoms with Crippen molar-refractivity contribution in [2.24, 2.45) is 0 Å². The Balaban J connectivity index is 1.80. The van der Waals surface area contributed by atoms with Gasteiger partial charge in [-0.15, -0.1) is 10.2 Å². The second-order valence-corrected chi connectivity index (χ2v) is 5.33. The summed E-state index contributed by atoms with van der Waals surface area (Å²) in [5.41, 5.74) is 0.438. The molecule has 1 N–H and O–H groups in total. The van der Waals surface area contributed by atoms with Gasteiger partial charge in [-0.1, -0.05) is 11.6 Å². The molecule has 0 saturated carbocycles. The minimum Gasteiger partial charge on any atom is -0.393 e.